The van der Waals surface area contributed by atoms with E-state index >= 15 is 0 Å². The van der Waals surface area contributed by atoms with Gasteiger partial charge in [-0.3, -0.25) is 9.59 Å². The minimum atomic E-state index is -0.398. The molecule has 8 heteroatoms. The third-order valence-corrected chi connectivity index (χ3v) is 7.32. The molecule has 3 rings (SSSR count). The van der Waals surface area contributed by atoms with Crippen LogP contribution in [0.4, 0.5) is 0 Å². The molecule has 0 unspecified atom stereocenters. The van der Waals surface area contributed by atoms with E-state index in [1.807, 2.05) is 11.8 Å². The van der Waals surface area contributed by atoms with Gasteiger partial charge in [-0.1, -0.05) is 11.8 Å². The molecule has 0 saturated carbocycles. The Morgan fingerprint density at radius 2 is 1.86 bits per heavy atom. The summed E-state index contributed by atoms with van der Waals surface area (Å²) in [5.74, 6) is 0.304. The largest absolute Gasteiger partial charge is 0.455 e. The number of aromatic nitrogens is 2. The molecular weight excluding hydrogens is 394 g/mol. The molecule has 2 aromatic rings. The fourth-order valence-electron chi connectivity index (χ4n) is 3.72. The van der Waals surface area contributed by atoms with Gasteiger partial charge in [-0.15, -0.1) is 11.3 Å². The lowest BCUT2D eigenvalue weighted by molar-refractivity contribution is -0.153. The van der Waals surface area contributed by atoms with E-state index in [0.29, 0.717) is 5.82 Å². The molecule has 2 aromatic heterocycles. The average Bonchev–Trinajstić information content (AvgIpc) is 2.91. The summed E-state index contributed by atoms with van der Waals surface area (Å²) in [6, 6.07) is 0.401. The first kappa shape index (κ1) is 21.0. The van der Waals surface area contributed by atoms with Crippen LogP contribution in [-0.2, 0) is 14.3 Å². The lowest BCUT2D eigenvalue weighted by atomic mass is 9.97. The zero-order valence-corrected chi connectivity index (χ0v) is 18.7. The number of thioether (sulfide) groups is 1. The van der Waals surface area contributed by atoms with Crippen molar-refractivity contribution < 1.29 is 14.3 Å². The normalized spacial score (nSPS) is 19.8. The lowest BCUT2D eigenvalue weighted by Crippen LogP contribution is -2.49. The van der Waals surface area contributed by atoms with Crippen molar-refractivity contribution >= 4 is 45.2 Å². The Bertz CT molecular complexity index is 886. The summed E-state index contributed by atoms with van der Waals surface area (Å²) < 4.78 is 5.26. The van der Waals surface area contributed by atoms with Gasteiger partial charge in [-0.25, -0.2) is 9.97 Å². The van der Waals surface area contributed by atoms with Crippen molar-refractivity contribution in [2.45, 2.75) is 71.0 Å². The van der Waals surface area contributed by atoms with Crippen LogP contribution in [0, 0.1) is 20.8 Å². The molecule has 1 aliphatic rings. The van der Waals surface area contributed by atoms with Crippen molar-refractivity contribution in [3.05, 3.63) is 16.3 Å². The first-order chi connectivity index (χ1) is 13.3. The second-order valence-electron chi connectivity index (χ2n) is 7.42. The van der Waals surface area contributed by atoms with E-state index in [1.165, 1.54) is 16.6 Å². The summed E-state index contributed by atoms with van der Waals surface area (Å²) in [4.78, 5) is 37.7. The maximum Gasteiger partial charge on any atom is 0.316 e. The quantitative estimate of drug-likeness (QED) is 0.412. The highest BCUT2D eigenvalue weighted by molar-refractivity contribution is 8.00. The average molecular weight is 422 g/mol. The summed E-state index contributed by atoms with van der Waals surface area (Å²) >= 11 is 2.98. The number of aryl methyl sites for hydroxylation is 3. The standard InChI is InChI=1S/C20H27N3O3S2/c1-11-7-6-8-12(2)23(11)16(24)9-26-17(25)10-27-19-18-13(3)14(4)28-20(18)22-15(5)21-19/h11-12H,6-10H2,1-5H3/t11-,12+. The number of rotatable bonds is 5. The molecule has 0 N–H and O–H groups in total. The number of thiophene rings is 1. The maximum atomic E-state index is 12.5. The molecule has 1 aliphatic heterocycles. The highest BCUT2D eigenvalue weighted by Crippen LogP contribution is 2.35. The number of esters is 1. The van der Waals surface area contributed by atoms with Gasteiger partial charge in [0.25, 0.3) is 5.91 Å². The zero-order valence-electron chi connectivity index (χ0n) is 17.1. The monoisotopic (exact) mass is 421 g/mol. The second-order valence-corrected chi connectivity index (χ2v) is 9.59. The Morgan fingerprint density at radius 3 is 2.54 bits per heavy atom. The fourth-order valence-corrected chi connectivity index (χ4v) is 5.79. The molecule has 3 heterocycles. The number of hydrogen-bond acceptors (Lipinski definition) is 7. The topological polar surface area (TPSA) is 72.4 Å². The smallest absolute Gasteiger partial charge is 0.316 e. The Labute approximate surface area is 174 Å². The molecule has 152 valence electrons. The van der Waals surface area contributed by atoms with Gasteiger partial charge >= 0.3 is 5.97 Å². The highest BCUT2D eigenvalue weighted by atomic mass is 32.2. The van der Waals surface area contributed by atoms with Crippen molar-refractivity contribution in [2.24, 2.45) is 0 Å². The second kappa shape index (κ2) is 8.78. The lowest BCUT2D eigenvalue weighted by Gasteiger charge is -2.38. The molecule has 0 aromatic carbocycles. The zero-order chi connectivity index (χ0) is 20.4. The van der Waals surface area contributed by atoms with E-state index in [1.54, 1.807) is 11.3 Å². The van der Waals surface area contributed by atoms with Crippen molar-refractivity contribution in [3.63, 3.8) is 0 Å². The predicted molar refractivity (Wildman–Crippen MR) is 113 cm³/mol. The van der Waals surface area contributed by atoms with Crippen LogP contribution >= 0.6 is 23.1 Å². The van der Waals surface area contributed by atoms with E-state index in [-0.39, 0.29) is 30.4 Å². The number of likely N-dealkylation sites (tertiary alicyclic amines) is 1. The van der Waals surface area contributed by atoms with Gasteiger partial charge < -0.3 is 9.64 Å². The summed E-state index contributed by atoms with van der Waals surface area (Å²) in [5.41, 5.74) is 1.15. The SMILES string of the molecule is Cc1nc(SCC(=O)OCC(=O)N2[C@H](C)CCC[C@@H]2C)c2c(C)c(C)sc2n1. The van der Waals surface area contributed by atoms with Crippen molar-refractivity contribution in [3.8, 4) is 0 Å². The van der Waals surface area contributed by atoms with Crippen LogP contribution < -0.4 is 0 Å². The Hall–Kier alpha value is -1.67. The molecule has 1 saturated heterocycles. The van der Waals surface area contributed by atoms with Gasteiger partial charge in [0.2, 0.25) is 0 Å². The number of carbonyl (C=O) groups excluding carboxylic acids is 2. The molecule has 1 fully saturated rings. The minimum Gasteiger partial charge on any atom is -0.455 e. The molecule has 0 bridgehead atoms. The van der Waals surface area contributed by atoms with Crippen LogP contribution in [0.2, 0.25) is 0 Å². The van der Waals surface area contributed by atoms with Crippen LogP contribution in [0.1, 0.15) is 49.4 Å². The van der Waals surface area contributed by atoms with Crippen molar-refractivity contribution in [1.82, 2.24) is 14.9 Å². The van der Waals surface area contributed by atoms with E-state index in [0.717, 1.165) is 40.1 Å². The predicted octanol–water partition coefficient (Wildman–Crippen LogP) is 4.04. The number of amides is 1. The van der Waals surface area contributed by atoms with Gasteiger partial charge in [0.05, 0.1) is 5.75 Å². The van der Waals surface area contributed by atoms with Gasteiger partial charge in [-0.05, 0) is 59.4 Å². The molecule has 0 spiro atoms. The minimum absolute atomic E-state index is 0.109. The third kappa shape index (κ3) is 4.49. The van der Waals surface area contributed by atoms with E-state index < -0.39 is 5.97 Å². The van der Waals surface area contributed by atoms with Crippen LogP contribution in [-0.4, -0.2) is 51.2 Å². The van der Waals surface area contributed by atoms with Crippen molar-refractivity contribution in [1.29, 1.82) is 0 Å². The summed E-state index contributed by atoms with van der Waals surface area (Å²) in [6.07, 6.45) is 3.14. The number of ether oxygens (including phenoxy) is 1. The molecule has 0 radical (unpaired) electrons. The van der Waals surface area contributed by atoms with Gasteiger partial charge in [0, 0.05) is 22.3 Å². The van der Waals surface area contributed by atoms with Gasteiger partial charge in [0.15, 0.2) is 6.61 Å². The maximum absolute atomic E-state index is 12.5. The Morgan fingerprint density at radius 1 is 1.18 bits per heavy atom. The van der Waals surface area contributed by atoms with Crippen LogP contribution in [0.3, 0.4) is 0 Å². The first-order valence-electron chi connectivity index (χ1n) is 9.61. The third-order valence-electron chi connectivity index (χ3n) is 5.27. The molecule has 2 atom stereocenters. The Kier molecular flexibility index (Phi) is 6.60. The first-order valence-corrected chi connectivity index (χ1v) is 11.4. The molecule has 0 aliphatic carbocycles. The van der Waals surface area contributed by atoms with Gasteiger partial charge in [0.1, 0.15) is 15.7 Å². The Balaban J connectivity index is 1.59. The van der Waals surface area contributed by atoms with Crippen LogP contribution in [0.5, 0.6) is 0 Å². The van der Waals surface area contributed by atoms with Crippen molar-refractivity contribution in [2.75, 3.05) is 12.4 Å². The molecule has 28 heavy (non-hydrogen) atoms. The van der Waals surface area contributed by atoms with Crippen LogP contribution in [0.25, 0.3) is 10.2 Å². The fraction of sp³-hybridized carbons (Fsp3) is 0.600. The van der Waals surface area contributed by atoms with E-state index in [2.05, 4.69) is 37.7 Å². The number of piperidine rings is 1. The summed E-state index contributed by atoms with van der Waals surface area (Å²) in [6.45, 7) is 9.88. The van der Waals surface area contributed by atoms with E-state index in [9.17, 15) is 9.59 Å². The number of nitrogens with zero attached hydrogens (tertiary/aromatic N) is 3. The molecule has 1 amide bonds. The van der Waals surface area contributed by atoms with Gasteiger partial charge in [-0.2, -0.15) is 0 Å². The molecule has 6 nitrogen and oxygen atoms in total. The van der Waals surface area contributed by atoms with Crippen LogP contribution in [0.15, 0.2) is 5.03 Å². The van der Waals surface area contributed by atoms with E-state index in [4.69, 9.17) is 4.74 Å². The molecular formula is C20H27N3O3S2. The summed E-state index contributed by atoms with van der Waals surface area (Å²) in [7, 11) is 0. The number of carbonyl (C=O) groups is 2. The number of fused-ring (bicyclic) bond motifs is 1. The number of hydrogen-bond donors (Lipinski definition) is 0. The highest BCUT2D eigenvalue weighted by Gasteiger charge is 2.29. The summed E-state index contributed by atoms with van der Waals surface area (Å²) in [5, 5.41) is 1.81.